The molecule has 0 N–H and O–H groups in total. The molecule has 132 valence electrons. The maximum Gasteiger partial charge on any atom is 0.231 e. The van der Waals surface area contributed by atoms with Crippen molar-refractivity contribution in [2.24, 2.45) is 16.8 Å². The fourth-order valence-corrected chi connectivity index (χ4v) is 5.39. The molecule has 26 heavy (non-hydrogen) atoms. The summed E-state index contributed by atoms with van der Waals surface area (Å²) >= 11 is 0. The van der Waals surface area contributed by atoms with E-state index in [0.717, 1.165) is 47.2 Å². The van der Waals surface area contributed by atoms with E-state index < -0.39 is 5.60 Å². The summed E-state index contributed by atoms with van der Waals surface area (Å²) in [6.07, 6.45) is 7.69. The van der Waals surface area contributed by atoms with Crippen LogP contribution in [0.3, 0.4) is 0 Å². The summed E-state index contributed by atoms with van der Waals surface area (Å²) in [5, 5.41) is 0. The highest BCUT2D eigenvalue weighted by atomic mass is 16.7. The zero-order valence-corrected chi connectivity index (χ0v) is 14.3. The standard InChI is InChI=1S/C20H17NO5/c1-9-10-2-11-13-3-15-16(23-7-22-15)5-20(13)4-14(11)21-6-12(10)18-19(17(9)26-20)25-8-24-18/h3,5-6,9-10,17H,2,4,7-8H2,1H3/t9?,10-,17+,20-/m1/s1. The van der Waals surface area contributed by atoms with Gasteiger partial charge in [0.1, 0.15) is 11.7 Å². The van der Waals surface area contributed by atoms with Gasteiger partial charge in [0, 0.05) is 23.9 Å². The predicted octanol–water partition coefficient (Wildman–Crippen LogP) is 2.82. The predicted molar refractivity (Wildman–Crippen MR) is 89.3 cm³/mol. The quantitative estimate of drug-likeness (QED) is 0.672. The first-order valence-electron chi connectivity index (χ1n) is 9.13. The molecule has 4 aliphatic heterocycles. The van der Waals surface area contributed by atoms with Gasteiger partial charge in [0.2, 0.25) is 13.6 Å². The monoisotopic (exact) mass is 351 g/mol. The molecular formula is C20H17NO5. The van der Waals surface area contributed by atoms with Crippen LogP contribution in [-0.4, -0.2) is 31.0 Å². The molecule has 7 aliphatic rings. The van der Waals surface area contributed by atoms with E-state index in [2.05, 4.69) is 19.1 Å². The molecule has 1 fully saturated rings. The maximum absolute atomic E-state index is 6.85. The molecule has 0 amide bonds. The Labute approximate surface area is 150 Å². The largest absolute Gasteiger partial charge is 0.455 e. The first-order chi connectivity index (χ1) is 12.7. The normalized spacial score (nSPS) is 40.6. The fourth-order valence-electron chi connectivity index (χ4n) is 5.39. The van der Waals surface area contributed by atoms with Gasteiger partial charge in [0.15, 0.2) is 23.0 Å². The van der Waals surface area contributed by atoms with Crippen LogP contribution in [0.15, 0.2) is 63.1 Å². The van der Waals surface area contributed by atoms with Crippen molar-refractivity contribution in [1.29, 1.82) is 0 Å². The van der Waals surface area contributed by atoms with E-state index in [1.165, 1.54) is 11.1 Å². The highest BCUT2D eigenvalue weighted by molar-refractivity contribution is 6.07. The third kappa shape index (κ3) is 1.43. The minimum absolute atomic E-state index is 0.141. The Bertz CT molecular complexity index is 965. The first kappa shape index (κ1) is 13.7. The molecule has 0 aromatic heterocycles. The van der Waals surface area contributed by atoms with Gasteiger partial charge >= 0.3 is 0 Å². The van der Waals surface area contributed by atoms with Crippen molar-refractivity contribution in [2.45, 2.75) is 31.5 Å². The molecule has 0 spiro atoms. The number of hydrogen-bond acceptors (Lipinski definition) is 6. The third-order valence-corrected chi connectivity index (χ3v) is 6.67. The van der Waals surface area contributed by atoms with Crippen LogP contribution in [0.1, 0.15) is 19.8 Å². The molecule has 6 nitrogen and oxygen atoms in total. The Hall–Kier alpha value is -2.47. The van der Waals surface area contributed by atoms with E-state index in [4.69, 9.17) is 28.7 Å². The van der Waals surface area contributed by atoms with E-state index in [1.807, 2.05) is 6.20 Å². The van der Waals surface area contributed by atoms with Crippen molar-refractivity contribution in [1.82, 2.24) is 0 Å². The minimum atomic E-state index is -0.572. The number of allylic oxidation sites excluding steroid dienone is 2. The van der Waals surface area contributed by atoms with E-state index in [1.54, 1.807) is 0 Å². The van der Waals surface area contributed by atoms with Gasteiger partial charge in [-0.15, -0.1) is 0 Å². The van der Waals surface area contributed by atoms with Crippen LogP contribution in [0.2, 0.25) is 0 Å². The third-order valence-electron chi connectivity index (χ3n) is 6.67. The Balaban J connectivity index is 1.53. The van der Waals surface area contributed by atoms with Crippen LogP contribution < -0.4 is 0 Å². The zero-order chi connectivity index (χ0) is 17.0. The second kappa shape index (κ2) is 4.26. The van der Waals surface area contributed by atoms with Crippen LogP contribution in [-0.2, 0) is 23.7 Å². The second-order valence-electron chi connectivity index (χ2n) is 7.85. The molecule has 4 bridgehead atoms. The van der Waals surface area contributed by atoms with Crippen LogP contribution in [0.5, 0.6) is 0 Å². The number of aliphatic imine (C=N–C) groups is 1. The molecule has 0 saturated carbocycles. The number of ether oxygens (including phenoxy) is 5. The van der Waals surface area contributed by atoms with E-state index >= 15 is 0 Å². The fraction of sp³-hybridized carbons (Fsp3) is 0.450. The molecule has 7 rings (SSSR count). The molecule has 6 heteroatoms. The summed E-state index contributed by atoms with van der Waals surface area (Å²) in [7, 11) is 0. The number of hydrogen-bond donors (Lipinski definition) is 0. The van der Waals surface area contributed by atoms with Crippen molar-refractivity contribution >= 4 is 5.71 Å². The van der Waals surface area contributed by atoms with Crippen LogP contribution in [0.25, 0.3) is 0 Å². The summed E-state index contributed by atoms with van der Waals surface area (Å²) in [4.78, 5) is 4.86. The molecule has 0 aromatic carbocycles. The lowest BCUT2D eigenvalue weighted by atomic mass is 9.72. The number of nitrogens with zero attached hydrogens (tertiary/aromatic N) is 1. The SMILES string of the molecule is CC1[C@@H]2O[C@]34C=C5OCOC5=CC3=C3C[C@H]1C(=CN=C3C4)C1=C2OCO1. The van der Waals surface area contributed by atoms with E-state index in [-0.39, 0.29) is 25.6 Å². The van der Waals surface area contributed by atoms with E-state index in [0.29, 0.717) is 5.92 Å². The number of rotatable bonds is 0. The van der Waals surface area contributed by atoms with Crippen molar-refractivity contribution in [3.05, 3.63) is 58.1 Å². The summed E-state index contributed by atoms with van der Waals surface area (Å²) in [5.41, 5.74) is 4.13. The van der Waals surface area contributed by atoms with Gasteiger partial charge in [-0.25, -0.2) is 0 Å². The topological polar surface area (TPSA) is 58.5 Å². The van der Waals surface area contributed by atoms with Crippen molar-refractivity contribution in [3.63, 3.8) is 0 Å². The molecule has 0 aromatic rings. The molecular weight excluding hydrogens is 334 g/mol. The van der Waals surface area contributed by atoms with Crippen molar-refractivity contribution < 1.29 is 23.7 Å². The van der Waals surface area contributed by atoms with Gasteiger partial charge in [-0.05, 0) is 41.6 Å². The highest BCUT2D eigenvalue weighted by Crippen LogP contribution is 2.56. The molecule has 3 aliphatic carbocycles. The Morgan fingerprint density at radius 3 is 2.96 bits per heavy atom. The zero-order valence-electron chi connectivity index (χ0n) is 14.3. The second-order valence-corrected chi connectivity index (χ2v) is 7.85. The van der Waals surface area contributed by atoms with Crippen LogP contribution in [0.4, 0.5) is 0 Å². The van der Waals surface area contributed by atoms with Gasteiger partial charge in [-0.2, -0.15) is 0 Å². The van der Waals surface area contributed by atoms with Gasteiger partial charge in [0.25, 0.3) is 0 Å². The maximum atomic E-state index is 6.85. The lowest BCUT2D eigenvalue weighted by Crippen LogP contribution is -2.45. The lowest BCUT2D eigenvalue weighted by molar-refractivity contribution is -0.0776. The Morgan fingerprint density at radius 2 is 2.00 bits per heavy atom. The highest BCUT2D eigenvalue weighted by Gasteiger charge is 2.56. The molecule has 1 saturated heterocycles. The van der Waals surface area contributed by atoms with Gasteiger partial charge in [-0.3, -0.25) is 4.99 Å². The average molecular weight is 351 g/mol. The Morgan fingerprint density at radius 1 is 1.12 bits per heavy atom. The van der Waals surface area contributed by atoms with Gasteiger partial charge < -0.3 is 23.7 Å². The molecule has 0 radical (unpaired) electrons. The molecule has 4 atom stereocenters. The van der Waals surface area contributed by atoms with Crippen molar-refractivity contribution in [3.8, 4) is 0 Å². The summed E-state index contributed by atoms with van der Waals surface area (Å²) in [6, 6.07) is 0. The Kier molecular flexibility index (Phi) is 2.24. The van der Waals surface area contributed by atoms with Gasteiger partial charge in [-0.1, -0.05) is 6.92 Å². The minimum Gasteiger partial charge on any atom is -0.455 e. The summed E-state index contributed by atoms with van der Waals surface area (Å²) in [6.45, 7) is 2.76. The van der Waals surface area contributed by atoms with E-state index in [9.17, 15) is 0 Å². The van der Waals surface area contributed by atoms with Gasteiger partial charge in [0.05, 0.1) is 0 Å². The van der Waals surface area contributed by atoms with Crippen molar-refractivity contribution in [2.75, 3.05) is 13.6 Å². The molecule has 1 unspecified atom stereocenters. The van der Waals surface area contributed by atoms with Crippen LogP contribution in [0, 0.1) is 11.8 Å². The summed E-state index contributed by atoms with van der Waals surface area (Å²) in [5.74, 6) is 3.81. The number of fused-ring (bicyclic) bond motifs is 4. The summed E-state index contributed by atoms with van der Waals surface area (Å²) < 4.78 is 29.8. The lowest BCUT2D eigenvalue weighted by Gasteiger charge is -2.43. The van der Waals surface area contributed by atoms with Crippen LogP contribution >= 0.6 is 0 Å². The average Bonchev–Trinajstić information content (AvgIpc) is 3.32. The molecule has 4 heterocycles. The smallest absolute Gasteiger partial charge is 0.231 e. The first-order valence-corrected chi connectivity index (χ1v) is 9.13.